The van der Waals surface area contributed by atoms with Crippen molar-refractivity contribution >= 4 is 16.9 Å². The summed E-state index contributed by atoms with van der Waals surface area (Å²) < 4.78 is 14.9. The molecule has 3 nitrogen and oxygen atoms in total. The van der Waals surface area contributed by atoms with Crippen LogP contribution in [0.4, 0.5) is 4.39 Å². The topological polar surface area (TPSA) is 42.2 Å². The van der Waals surface area contributed by atoms with Crippen LogP contribution in [-0.2, 0) is 7.05 Å². The molecule has 0 radical (unpaired) electrons. The zero-order valence-corrected chi connectivity index (χ0v) is 10.8. The molecule has 0 spiro atoms. The molecule has 20 heavy (non-hydrogen) atoms. The Morgan fingerprint density at radius 2 is 1.85 bits per heavy atom. The molecule has 2 aromatic carbocycles. The van der Waals surface area contributed by atoms with Crippen LogP contribution in [0.15, 0.2) is 48.7 Å². The number of aromatic carboxylic acids is 1. The van der Waals surface area contributed by atoms with Crippen molar-refractivity contribution in [3.63, 3.8) is 0 Å². The van der Waals surface area contributed by atoms with E-state index >= 15 is 0 Å². The molecule has 1 aromatic heterocycles. The Hall–Kier alpha value is -2.62. The summed E-state index contributed by atoms with van der Waals surface area (Å²) in [6.07, 6.45) is 1.92. The molecule has 0 aliphatic heterocycles. The largest absolute Gasteiger partial charge is 0.478 e. The van der Waals surface area contributed by atoms with Crippen LogP contribution in [0.3, 0.4) is 0 Å². The Labute approximate surface area is 114 Å². The molecule has 1 heterocycles. The number of aromatic nitrogens is 1. The third-order valence-electron chi connectivity index (χ3n) is 3.39. The van der Waals surface area contributed by atoms with E-state index in [2.05, 4.69) is 0 Å². The Morgan fingerprint density at radius 3 is 2.50 bits per heavy atom. The molecule has 0 aliphatic carbocycles. The maximum absolute atomic E-state index is 13.0. The molecule has 1 N–H and O–H groups in total. The van der Waals surface area contributed by atoms with Gasteiger partial charge in [-0.1, -0.05) is 18.2 Å². The van der Waals surface area contributed by atoms with Crippen LogP contribution >= 0.6 is 0 Å². The Bertz CT molecular complexity index is 803. The summed E-state index contributed by atoms with van der Waals surface area (Å²) in [5, 5.41) is 9.99. The van der Waals surface area contributed by atoms with Crippen LogP contribution in [0.25, 0.3) is 22.0 Å². The van der Waals surface area contributed by atoms with Crippen molar-refractivity contribution < 1.29 is 14.3 Å². The smallest absolute Gasteiger partial charge is 0.335 e. The number of rotatable bonds is 2. The lowest BCUT2D eigenvalue weighted by atomic mass is 10.0. The normalized spacial score (nSPS) is 10.9. The molecule has 0 amide bonds. The van der Waals surface area contributed by atoms with Crippen LogP contribution < -0.4 is 0 Å². The summed E-state index contributed by atoms with van der Waals surface area (Å²) in [6.45, 7) is 0. The van der Waals surface area contributed by atoms with Crippen molar-refractivity contribution in [1.82, 2.24) is 4.57 Å². The molecule has 3 rings (SSSR count). The molecule has 0 aliphatic rings. The lowest BCUT2D eigenvalue weighted by molar-refractivity contribution is 0.0697. The van der Waals surface area contributed by atoms with E-state index in [0.29, 0.717) is 0 Å². The Balaban J connectivity index is 2.22. The molecule has 4 heteroatoms. The first kappa shape index (κ1) is 12.4. The first-order chi connectivity index (χ1) is 9.56. The summed E-state index contributed by atoms with van der Waals surface area (Å²) in [5.74, 6) is -1.22. The van der Waals surface area contributed by atoms with Gasteiger partial charge in [0.2, 0.25) is 0 Å². The number of aryl methyl sites for hydroxylation is 1. The number of carboxylic acids is 1. The van der Waals surface area contributed by atoms with Crippen LogP contribution in [0.2, 0.25) is 0 Å². The summed E-state index contributed by atoms with van der Waals surface area (Å²) in [7, 11) is 1.86. The maximum Gasteiger partial charge on any atom is 0.335 e. The van der Waals surface area contributed by atoms with E-state index < -0.39 is 5.97 Å². The SMILES string of the molecule is Cn1cc(-c2ccc(F)cc2)c2ccc(C(=O)O)cc21. The lowest BCUT2D eigenvalue weighted by Gasteiger charge is -2.00. The molecule has 0 saturated carbocycles. The minimum Gasteiger partial charge on any atom is -0.478 e. The van der Waals surface area contributed by atoms with Crippen LogP contribution in [0.5, 0.6) is 0 Å². The number of nitrogens with zero attached hydrogens (tertiary/aromatic N) is 1. The average Bonchev–Trinajstić information content (AvgIpc) is 2.76. The molecule has 0 unspecified atom stereocenters. The highest BCUT2D eigenvalue weighted by atomic mass is 19.1. The van der Waals surface area contributed by atoms with Gasteiger partial charge in [-0.05, 0) is 29.8 Å². The van der Waals surface area contributed by atoms with Crippen molar-refractivity contribution in [1.29, 1.82) is 0 Å². The van der Waals surface area contributed by atoms with Crippen molar-refractivity contribution in [2.45, 2.75) is 0 Å². The van der Waals surface area contributed by atoms with Gasteiger partial charge in [-0.2, -0.15) is 0 Å². The van der Waals surface area contributed by atoms with E-state index in [1.165, 1.54) is 12.1 Å². The van der Waals surface area contributed by atoms with Crippen molar-refractivity contribution in [2.75, 3.05) is 0 Å². The van der Waals surface area contributed by atoms with Crippen LogP contribution in [-0.4, -0.2) is 15.6 Å². The second-order valence-electron chi connectivity index (χ2n) is 4.70. The summed E-state index contributed by atoms with van der Waals surface area (Å²) in [6, 6.07) is 11.3. The Morgan fingerprint density at radius 1 is 1.15 bits per heavy atom. The van der Waals surface area contributed by atoms with Gasteiger partial charge in [0.25, 0.3) is 0 Å². The van der Waals surface area contributed by atoms with E-state index in [1.807, 2.05) is 17.8 Å². The quantitative estimate of drug-likeness (QED) is 0.771. The molecule has 0 saturated heterocycles. The standard InChI is InChI=1S/C16H12FNO2/c1-18-9-14(10-2-5-12(17)6-3-10)13-7-4-11(16(19)20)8-15(13)18/h2-9H,1H3,(H,19,20). The predicted octanol–water partition coefficient (Wildman–Crippen LogP) is 3.68. The second-order valence-corrected chi connectivity index (χ2v) is 4.70. The van der Waals surface area contributed by atoms with Gasteiger partial charge in [0, 0.05) is 29.7 Å². The zero-order chi connectivity index (χ0) is 14.3. The fourth-order valence-electron chi connectivity index (χ4n) is 2.38. The minimum absolute atomic E-state index is 0.254. The highest BCUT2D eigenvalue weighted by Crippen LogP contribution is 2.30. The number of hydrogen-bond donors (Lipinski definition) is 1. The fraction of sp³-hybridized carbons (Fsp3) is 0.0625. The van der Waals surface area contributed by atoms with Crippen LogP contribution in [0, 0.1) is 5.82 Å². The van der Waals surface area contributed by atoms with Gasteiger partial charge >= 0.3 is 5.97 Å². The maximum atomic E-state index is 13.0. The Kier molecular flexibility index (Phi) is 2.79. The number of carbonyl (C=O) groups is 1. The van der Waals surface area contributed by atoms with E-state index in [9.17, 15) is 9.18 Å². The van der Waals surface area contributed by atoms with Crippen molar-refractivity contribution in [2.24, 2.45) is 7.05 Å². The summed E-state index contributed by atoms with van der Waals surface area (Å²) in [4.78, 5) is 11.0. The monoisotopic (exact) mass is 269 g/mol. The van der Waals surface area contributed by atoms with E-state index in [4.69, 9.17) is 5.11 Å². The number of halogens is 1. The van der Waals surface area contributed by atoms with Crippen LogP contribution in [0.1, 0.15) is 10.4 Å². The predicted molar refractivity (Wildman–Crippen MR) is 75.3 cm³/mol. The van der Waals surface area contributed by atoms with Crippen molar-refractivity contribution in [3.05, 3.63) is 60.0 Å². The van der Waals surface area contributed by atoms with Gasteiger partial charge < -0.3 is 9.67 Å². The number of fused-ring (bicyclic) bond motifs is 1. The summed E-state index contributed by atoms with van der Waals surface area (Å²) >= 11 is 0. The molecule has 100 valence electrons. The molecule has 3 aromatic rings. The highest BCUT2D eigenvalue weighted by molar-refractivity contribution is 6.00. The van der Waals surface area contributed by atoms with E-state index in [0.717, 1.165) is 22.0 Å². The highest BCUT2D eigenvalue weighted by Gasteiger charge is 2.11. The molecule has 0 bridgehead atoms. The van der Waals surface area contributed by atoms with Gasteiger partial charge in [0.05, 0.1) is 5.56 Å². The number of carboxylic acid groups (broad SMARTS) is 1. The third kappa shape index (κ3) is 1.95. The molecular weight excluding hydrogens is 257 g/mol. The van der Waals surface area contributed by atoms with Gasteiger partial charge in [-0.25, -0.2) is 9.18 Å². The zero-order valence-electron chi connectivity index (χ0n) is 10.8. The summed E-state index contributed by atoms with van der Waals surface area (Å²) in [5.41, 5.74) is 2.95. The minimum atomic E-state index is -0.948. The number of hydrogen-bond acceptors (Lipinski definition) is 1. The van der Waals surface area contributed by atoms with Crippen molar-refractivity contribution in [3.8, 4) is 11.1 Å². The lowest BCUT2D eigenvalue weighted by Crippen LogP contribution is -1.96. The first-order valence-corrected chi connectivity index (χ1v) is 6.14. The van der Waals surface area contributed by atoms with E-state index in [-0.39, 0.29) is 11.4 Å². The second kappa shape index (κ2) is 4.49. The molecule has 0 atom stereocenters. The molecular formula is C16H12FNO2. The van der Waals surface area contributed by atoms with Gasteiger partial charge in [0.1, 0.15) is 5.82 Å². The first-order valence-electron chi connectivity index (χ1n) is 6.14. The third-order valence-corrected chi connectivity index (χ3v) is 3.39. The van der Waals surface area contributed by atoms with Gasteiger partial charge in [0.15, 0.2) is 0 Å². The molecule has 0 fully saturated rings. The van der Waals surface area contributed by atoms with E-state index in [1.54, 1.807) is 30.3 Å². The van der Waals surface area contributed by atoms with Gasteiger partial charge in [-0.3, -0.25) is 0 Å². The van der Waals surface area contributed by atoms with Gasteiger partial charge in [-0.15, -0.1) is 0 Å². The fourth-order valence-corrected chi connectivity index (χ4v) is 2.38. The number of benzene rings is 2. The average molecular weight is 269 g/mol.